The maximum atomic E-state index is 11.6. The highest BCUT2D eigenvalue weighted by molar-refractivity contribution is 5.60. The molecule has 0 bridgehead atoms. The number of aldehydes is 1. The minimum atomic E-state index is -0.0920. The quantitative estimate of drug-likeness (QED) is 0.756. The normalized spacial score (nSPS) is 33.2. The van der Waals surface area contributed by atoms with Crippen LogP contribution in [0, 0.1) is 11.3 Å². The van der Waals surface area contributed by atoms with Crippen LogP contribution in [0.5, 0.6) is 0 Å². The van der Waals surface area contributed by atoms with Crippen molar-refractivity contribution in [3.63, 3.8) is 0 Å². The molecule has 0 aromatic heterocycles. The number of aliphatic hydroxyl groups excluding tert-OH is 1. The molecule has 4 nitrogen and oxygen atoms in total. The van der Waals surface area contributed by atoms with Gasteiger partial charge >= 0.3 is 0 Å². The van der Waals surface area contributed by atoms with Gasteiger partial charge in [-0.15, -0.1) is 0 Å². The van der Waals surface area contributed by atoms with Crippen LogP contribution in [0.3, 0.4) is 0 Å². The summed E-state index contributed by atoms with van der Waals surface area (Å²) in [7, 11) is 0. The second kappa shape index (κ2) is 7.53. The number of likely N-dealkylation sites (tertiary alicyclic amines) is 1. The fourth-order valence-corrected chi connectivity index (χ4v) is 3.55. The Hall–Kier alpha value is -0.450. The predicted molar refractivity (Wildman–Crippen MR) is 78.6 cm³/mol. The number of piperidine rings is 1. The van der Waals surface area contributed by atoms with Gasteiger partial charge in [-0.05, 0) is 44.4 Å². The van der Waals surface area contributed by atoms with Crippen molar-refractivity contribution < 1.29 is 14.6 Å². The largest absolute Gasteiger partial charge is 0.394 e. The van der Waals surface area contributed by atoms with Gasteiger partial charge in [0, 0.05) is 25.0 Å². The first-order valence-electron chi connectivity index (χ1n) is 8.08. The molecule has 0 aromatic carbocycles. The molecular formula is C16H29NO3. The molecule has 2 aliphatic rings. The molecule has 1 heterocycles. The lowest BCUT2D eigenvalue weighted by Gasteiger charge is -2.41. The first-order valence-corrected chi connectivity index (χ1v) is 8.08. The third-order valence-electron chi connectivity index (χ3n) is 5.04. The number of hydrogen-bond donors (Lipinski definition) is 1. The molecule has 4 heteroatoms. The Kier molecular flexibility index (Phi) is 6.00. The van der Waals surface area contributed by atoms with Crippen LogP contribution < -0.4 is 0 Å². The number of rotatable bonds is 6. The van der Waals surface area contributed by atoms with Gasteiger partial charge in [-0.25, -0.2) is 0 Å². The van der Waals surface area contributed by atoms with Gasteiger partial charge in [-0.3, -0.25) is 0 Å². The average molecular weight is 283 g/mol. The van der Waals surface area contributed by atoms with Crippen LogP contribution in [0.25, 0.3) is 0 Å². The van der Waals surface area contributed by atoms with E-state index in [9.17, 15) is 4.79 Å². The first-order chi connectivity index (χ1) is 9.67. The monoisotopic (exact) mass is 283 g/mol. The van der Waals surface area contributed by atoms with Crippen molar-refractivity contribution >= 4 is 6.29 Å². The summed E-state index contributed by atoms with van der Waals surface area (Å²) in [5.41, 5.74) is -0.0920. The van der Waals surface area contributed by atoms with Gasteiger partial charge in [-0.1, -0.05) is 6.92 Å². The van der Waals surface area contributed by atoms with E-state index in [4.69, 9.17) is 9.84 Å². The molecule has 1 N–H and O–H groups in total. The highest BCUT2D eigenvalue weighted by Gasteiger charge is 2.36. The molecule has 0 amide bonds. The van der Waals surface area contributed by atoms with E-state index >= 15 is 0 Å². The summed E-state index contributed by atoms with van der Waals surface area (Å²) in [4.78, 5) is 14.0. The molecule has 0 unspecified atom stereocenters. The molecule has 0 radical (unpaired) electrons. The lowest BCUT2D eigenvalue weighted by atomic mass is 9.71. The third kappa shape index (κ3) is 4.27. The zero-order chi connectivity index (χ0) is 14.4. The van der Waals surface area contributed by atoms with Gasteiger partial charge in [0.1, 0.15) is 6.29 Å². The minimum Gasteiger partial charge on any atom is -0.394 e. The summed E-state index contributed by atoms with van der Waals surface area (Å²) in [6, 6.07) is 0. The van der Waals surface area contributed by atoms with Crippen LogP contribution in [-0.4, -0.2) is 55.2 Å². The van der Waals surface area contributed by atoms with E-state index in [1.807, 2.05) is 0 Å². The zero-order valence-electron chi connectivity index (χ0n) is 12.7. The van der Waals surface area contributed by atoms with Gasteiger partial charge < -0.3 is 19.5 Å². The number of ether oxygens (including phenoxy) is 1. The molecule has 116 valence electrons. The van der Waals surface area contributed by atoms with Gasteiger partial charge in [0.15, 0.2) is 0 Å². The summed E-state index contributed by atoms with van der Waals surface area (Å²) in [6.45, 7) is 5.80. The molecule has 1 saturated carbocycles. The Morgan fingerprint density at radius 3 is 2.45 bits per heavy atom. The minimum absolute atomic E-state index is 0.0920. The van der Waals surface area contributed by atoms with Crippen molar-refractivity contribution in [1.82, 2.24) is 4.90 Å². The Bertz CT molecular complexity index is 292. The number of carbonyl (C=O) groups excluding carboxylic acids is 1. The van der Waals surface area contributed by atoms with E-state index in [2.05, 4.69) is 11.8 Å². The summed E-state index contributed by atoms with van der Waals surface area (Å²) in [5.74, 6) is 0.778. The van der Waals surface area contributed by atoms with Gasteiger partial charge in [0.25, 0.3) is 0 Å². The molecule has 1 saturated heterocycles. The maximum Gasteiger partial charge on any atom is 0.127 e. The van der Waals surface area contributed by atoms with Crippen LogP contribution in [-0.2, 0) is 9.53 Å². The Labute approximate surface area is 122 Å². The Balaban J connectivity index is 1.77. The van der Waals surface area contributed by atoms with Gasteiger partial charge in [0.2, 0.25) is 0 Å². The summed E-state index contributed by atoms with van der Waals surface area (Å²) in [5, 5.41) is 8.78. The van der Waals surface area contributed by atoms with Crippen molar-refractivity contribution in [3.8, 4) is 0 Å². The molecule has 1 aliphatic carbocycles. The molecular weight excluding hydrogens is 254 g/mol. The summed E-state index contributed by atoms with van der Waals surface area (Å²) in [6.07, 6.45) is 8.04. The molecule has 1 aliphatic heterocycles. The lowest BCUT2D eigenvalue weighted by Crippen LogP contribution is -2.45. The second-order valence-corrected chi connectivity index (χ2v) is 6.73. The second-order valence-electron chi connectivity index (χ2n) is 6.73. The summed E-state index contributed by atoms with van der Waals surface area (Å²) < 4.78 is 5.59. The number of nitrogens with zero attached hydrogens (tertiary/aromatic N) is 1. The molecule has 0 spiro atoms. The van der Waals surface area contributed by atoms with Crippen molar-refractivity contribution in [3.05, 3.63) is 0 Å². The smallest absolute Gasteiger partial charge is 0.127 e. The van der Waals surface area contributed by atoms with Crippen molar-refractivity contribution in [1.29, 1.82) is 0 Å². The Morgan fingerprint density at radius 1 is 1.25 bits per heavy atom. The van der Waals surface area contributed by atoms with Crippen LogP contribution in [0.4, 0.5) is 0 Å². The zero-order valence-corrected chi connectivity index (χ0v) is 12.7. The summed E-state index contributed by atoms with van der Waals surface area (Å²) >= 11 is 0. The van der Waals surface area contributed by atoms with Crippen molar-refractivity contribution in [2.45, 2.75) is 51.6 Å². The van der Waals surface area contributed by atoms with Crippen LogP contribution >= 0.6 is 0 Å². The highest BCUT2D eigenvalue weighted by Crippen LogP contribution is 2.38. The lowest BCUT2D eigenvalue weighted by molar-refractivity contribution is -0.120. The molecule has 2 rings (SSSR count). The highest BCUT2D eigenvalue weighted by atomic mass is 16.5. The molecule has 0 aromatic rings. The van der Waals surface area contributed by atoms with Crippen LogP contribution in [0.2, 0.25) is 0 Å². The van der Waals surface area contributed by atoms with E-state index < -0.39 is 0 Å². The van der Waals surface area contributed by atoms with Crippen molar-refractivity contribution in [2.24, 2.45) is 11.3 Å². The van der Waals surface area contributed by atoms with Crippen molar-refractivity contribution in [2.75, 3.05) is 32.8 Å². The third-order valence-corrected chi connectivity index (χ3v) is 5.04. The first kappa shape index (κ1) is 15.9. The standard InChI is InChI=1S/C16H29NO3/c1-14-2-6-16(13-19,7-3-14)12-17-8-4-15(5-9-17)20-11-10-18/h13-15,18H,2-12H2,1H3. The fraction of sp³-hybridized carbons (Fsp3) is 0.938. The molecule has 2 fully saturated rings. The predicted octanol–water partition coefficient (Wildman–Crippen LogP) is 1.86. The van der Waals surface area contributed by atoms with Gasteiger partial charge in [0.05, 0.1) is 19.3 Å². The van der Waals surface area contributed by atoms with E-state index in [0.29, 0.717) is 6.61 Å². The number of hydrogen-bond acceptors (Lipinski definition) is 4. The average Bonchev–Trinajstić information content (AvgIpc) is 2.49. The van der Waals surface area contributed by atoms with E-state index in [0.717, 1.165) is 51.2 Å². The molecule has 0 atom stereocenters. The maximum absolute atomic E-state index is 11.6. The molecule has 20 heavy (non-hydrogen) atoms. The topological polar surface area (TPSA) is 49.8 Å². The fourth-order valence-electron chi connectivity index (χ4n) is 3.55. The number of aliphatic hydroxyl groups is 1. The van der Waals surface area contributed by atoms with E-state index in [1.165, 1.54) is 19.1 Å². The number of carbonyl (C=O) groups is 1. The SMILES string of the molecule is CC1CCC(C=O)(CN2CCC(OCCO)CC2)CC1. The van der Waals surface area contributed by atoms with Crippen LogP contribution in [0.15, 0.2) is 0 Å². The Morgan fingerprint density at radius 2 is 1.90 bits per heavy atom. The van der Waals surface area contributed by atoms with E-state index in [-0.39, 0.29) is 18.1 Å². The van der Waals surface area contributed by atoms with Gasteiger partial charge in [-0.2, -0.15) is 0 Å². The van der Waals surface area contributed by atoms with E-state index in [1.54, 1.807) is 0 Å². The van der Waals surface area contributed by atoms with Crippen LogP contribution in [0.1, 0.15) is 45.4 Å².